The summed E-state index contributed by atoms with van der Waals surface area (Å²) in [6.45, 7) is 2.47. The third-order valence-electron chi connectivity index (χ3n) is 3.31. The molecule has 0 spiro atoms. The first-order valence-corrected chi connectivity index (χ1v) is 5.82. The number of carbonyl (C=O) groups is 1. The van der Waals surface area contributed by atoms with Gasteiger partial charge in [-0.3, -0.25) is 9.69 Å². The fourth-order valence-electron chi connectivity index (χ4n) is 2.38. The van der Waals surface area contributed by atoms with Crippen LogP contribution in [0.3, 0.4) is 0 Å². The van der Waals surface area contributed by atoms with Gasteiger partial charge in [-0.1, -0.05) is 19.3 Å². The van der Waals surface area contributed by atoms with Crippen molar-refractivity contribution in [2.24, 2.45) is 5.73 Å². The topological polar surface area (TPSA) is 66.6 Å². The summed E-state index contributed by atoms with van der Waals surface area (Å²) in [5.74, 6) is -0.297. The molecule has 1 saturated carbocycles. The van der Waals surface area contributed by atoms with Crippen molar-refractivity contribution >= 4 is 5.91 Å². The van der Waals surface area contributed by atoms with Gasteiger partial charge in [0, 0.05) is 12.6 Å². The Balaban J connectivity index is 2.58. The van der Waals surface area contributed by atoms with Crippen molar-refractivity contribution < 1.29 is 9.90 Å². The van der Waals surface area contributed by atoms with E-state index in [-0.39, 0.29) is 18.6 Å². The molecule has 0 saturated heterocycles. The van der Waals surface area contributed by atoms with E-state index in [2.05, 4.69) is 4.90 Å². The van der Waals surface area contributed by atoms with Gasteiger partial charge in [0.2, 0.25) is 5.91 Å². The van der Waals surface area contributed by atoms with Crippen molar-refractivity contribution in [2.75, 3.05) is 13.2 Å². The zero-order valence-electron chi connectivity index (χ0n) is 9.48. The van der Waals surface area contributed by atoms with Crippen LogP contribution in [-0.4, -0.2) is 41.1 Å². The molecule has 15 heavy (non-hydrogen) atoms. The Bertz CT molecular complexity index is 203. The van der Waals surface area contributed by atoms with Crippen LogP contribution in [-0.2, 0) is 4.79 Å². The summed E-state index contributed by atoms with van der Waals surface area (Å²) in [4.78, 5) is 13.2. The standard InChI is InChI=1S/C11H22N2O2/c1-9(11(12)15)13(7-8-14)10-5-3-2-4-6-10/h9-10,14H,2-8H2,1H3,(H2,12,15). The average molecular weight is 214 g/mol. The number of nitrogens with two attached hydrogens (primary N) is 1. The highest BCUT2D eigenvalue weighted by atomic mass is 16.3. The van der Waals surface area contributed by atoms with Gasteiger partial charge in [0.1, 0.15) is 0 Å². The minimum atomic E-state index is -0.297. The van der Waals surface area contributed by atoms with E-state index in [9.17, 15) is 4.79 Å². The molecular formula is C11H22N2O2. The van der Waals surface area contributed by atoms with E-state index in [0.717, 1.165) is 12.8 Å². The molecule has 1 aliphatic carbocycles. The van der Waals surface area contributed by atoms with Crippen molar-refractivity contribution in [3.63, 3.8) is 0 Å². The normalized spacial score (nSPS) is 20.5. The van der Waals surface area contributed by atoms with E-state index in [0.29, 0.717) is 12.6 Å². The van der Waals surface area contributed by atoms with E-state index in [4.69, 9.17) is 10.8 Å². The summed E-state index contributed by atoms with van der Waals surface area (Å²) < 4.78 is 0. The van der Waals surface area contributed by atoms with Gasteiger partial charge in [-0.15, -0.1) is 0 Å². The van der Waals surface area contributed by atoms with Gasteiger partial charge >= 0.3 is 0 Å². The van der Waals surface area contributed by atoms with Crippen LogP contribution in [0.25, 0.3) is 0 Å². The molecule has 1 atom stereocenters. The van der Waals surface area contributed by atoms with E-state index in [1.165, 1.54) is 19.3 Å². The maximum atomic E-state index is 11.2. The Kier molecular flexibility index (Phi) is 5.05. The first-order chi connectivity index (χ1) is 7.16. The summed E-state index contributed by atoms with van der Waals surface area (Å²) in [6.07, 6.45) is 5.97. The molecule has 3 N–H and O–H groups in total. The molecule has 0 aromatic carbocycles. The lowest BCUT2D eigenvalue weighted by Gasteiger charge is -2.36. The average Bonchev–Trinajstić information content (AvgIpc) is 2.26. The van der Waals surface area contributed by atoms with Gasteiger partial charge in [-0.25, -0.2) is 0 Å². The van der Waals surface area contributed by atoms with Crippen LogP contribution in [0.2, 0.25) is 0 Å². The van der Waals surface area contributed by atoms with Gasteiger partial charge in [-0.2, -0.15) is 0 Å². The minimum absolute atomic E-state index is 0.0914. The van der Waals surface area contributed by atoms with Gasteiger partial charge in [0.05, 0.1) is 12.6 Å². The number of primary amides is 1. The molecule has 0 aromatic heterocycles. The Hall–Kier alpha value is -0.610. The Morgan fingerprint density at radius 1 is 1.47 bits per heavy atom. The van der Waals surface area contributed by atoms with Gasteiger partial charge in [-0.05, 0) is 19.8 Å². The monoisotopic (exact) mass is 214 g/mol. The second-order valence-electron chi connectivity index (χ2n) is 4.33. The van der Waals surface area contributed by atoms with Crippen LogP contribution >= 0.6 is 0 Å². The Morgan fingerprint density at radius 3 is 2.53 bits per heavy atom. The van der Waals surface area contributed by atoms with Crippen LogP contribution in [0.5, 0.6) is 0 Å². The first kappa shape index (κ1) is 12.5. The Morgan fingerprint density at radius 2 is 2.07 bits per heavy atom. The van der Waals surface area contributed by atoms with Crippen LogP contribution < -0.4 is 5.73 Å². The van der Waals surface area contributed by atoms with Crippen molar-refractivity contribution in [1.82, 2.24) is 4.90 Å². The molecule has 0 aromatic rings. The largest absolute Gasteiger partial charge is 0.395 e. The first-order valence-electron chi connectivity index (χ1n) is 5.82. The maximum Gasteiger partial charge on any atom is 0.234 e. The highest BCUT2D eigenvalue weighted by Gasteiger charge is 2.27. The molecular weight excluding hydrogens is 192 g/mol. The summed E-state index contributed by atoms with van der Waals surface area (Å²) >= 11 is 0. The number of carbonyl (C=O) groups excluding carboxylic acids is 1. The molecule has 4 heteroatoms. The molecule has 1 fully saturated rings. The number of nitrogens with zero attached hydrogens (tertiary/aromatic N) is 1. The summed E-state index contributed by atoms with van der Waals surface area (Å²) in [6, 6.07) is 0.161. The molecule has 0 radical (unpaired) electrons. The van der Waals surface area contributed by atoms with Crippen molar-refractivity contribution in [3.8, 4) is 0 Å². The zero-order valence-corrected chi connectivity index (χ0v) is 9.48. The number of aliphatic hydroxyl groups is 1. The lowest BCUT2D eigenvalue weighted by molar-refractivity contribution is -0.124. The molecule has 1 aliphatic rings. The van der Waals surface area contributed by atoms with Crippen molar-refractivity contribution in [1.29, 1.82) is 0 Å². The quantitative estimate of drug-likeness (QED) is 0.700. The number of hydrogen-bond donors (Lipinski definition) is 2. The second kappa shape index (κ2) is 6.08. The van der Waals surface area contributed by atoms with Crippen LogP contribution in [0.4, 0.5) is 0 Å². The predicted molar refractivity (Wildman–Crippen MR) is 59.3 cm³/mol. The van der Waals surface area contributed by atoms with Gasteiger partial charge < -0.3 is 10.8 Å². The highest BCUT2D eigenvalue weighted by Crippen LogP contribution is 2.23. The number of hydrogen-bond acceptors (Lipinski definition) is 3. The SMILES string of the molecule is CC(C(N)=O)N(CCO)C1CCCCC1. The molecule has 0 aliphatic heterocycles. The molecule has 4 nitrogen and oxygen atoms in total. The third-order valence-corrected chi connectivity index (χ3v) is 3.31. The second-order valence-corrected chi connectivity index (χ2v) is 4.33. The fourth-order valence-corrected chi connectivity index (χ4v) is 2.38. The summed E-state index contributed by atoms with van der Waals surface area (Å²) in [5, 5.41) is 9.00. The van der Waals surface area contributed by atoms with Crippen LogP contribution in [0.1, 0.15) is 39.0 Å². The molecule has 88 valence electrons. The number of amides is 1. The smallest absolute Gasteiger partial charge is 0.234 e. The van der Waals surface area contributed by atoms with E-state index in [1.807, 2.05) is 6.92 Å². The minimum Gasteiger partial charge on any atom is -0.395 e. The van der Waals surface area contributed by atoms with Crippen molar-refractivity contribution in [3.05, 3.63) is 0 Å². The zero-order chi connectivity index (χ0) is 11.3. The molecule has 1 unspecified atom stereocenters. The summed E-state index contributed by atoms with van der Waals surface area (Å²) in [7, 11) is 0. The van der Waals surface area contributed by atoms with E-state index >= 15 is 0 Å². The van der Waals surface area contributed by atoms with Crippen LogP contribution in [0, 0.1) is 0 Å². The highest BCUT2D eigenvalue weighted by molar-refractivity contribution is 5.79. The lowest BCUT2D eigenvalue weighted by atomic mass is 9.93. The number of rotatable bonds is 5. The number of aliphatic hydroxyl groups excluding tert-OH is 1. The Labute approximate surface area is 91.4 Å². The molecule has 1 amide bonds. The lowest BCUT2D eigenvalue weighted by Crippen LogP contribution is -2.50. The van der Waals surface area contributed by atoms with Gasteiger partial charge in [0.15, 0.2) is 0 Å². The predicted octanol–water partition coefficient (Wildman–Crippen LogP) is 0.487. The van der Waals surface area contributed by atoms with Gasteiger partial charge in [0.25, 0.3) is 0 Å². The molecule has 1 rings (SSSR count). The third kappa shape index (κ3) is 3.47. The van der Waals surface area contributed by atoms with E-state index in [1.54, 1.807) is 0 Å². The maximum absolute atomic E-state index is 11.2. The van der Waals surface area contributed by atoms with E-state index < -0.39 is 0 Å². The van der Waals surface area contributed by atoms with Crippen molar-refractivity contribution in [2.45, 2.75) is 51.1 Å². The molecule has 0 bridgehead atoms. The summed E-state index contributed by atoms with van der Waals surface area (Å²) in [5.41, 5.74) is 5.31. The fraction of sp³-hybridized carbons (Fsp3) is 0.909. The van der Waals surface area contributed by atoms with Crippen LogP contribution in [0.15, 0.2) is 0 Å². The molecule has 0 heterocycles.